The zero-order valence-electron chi connectivity index (χ0n) is 18.5. The van der Waals surface area contributed by atoms with Crippen molar-refractivity contribution in [3.63, 3.8) is 0 Å². The fourth-order valence-electron chi connectivity index (χ4n) is 4.84. The van der Waals surface area contributed by atoms with Crippen LogP contribution >= 0.6 is 0 Å². The molecule has 0 radical (unpaired) electrons. The van der Waals surface area contributed by atoms with E-state index >= 15 is 0 Å². The van der Waals surface area contributed by atoms with Gasteiger partial charge < -0.3 is 15.3 Å². The van der Waals surface area contributed by atoms with Crippen LogP contribution in [0.15, 0.2) is 42.5 Å². The summed E-state index contributed by atoms with van der Waals surface area (Å²) in [4.78, 5) is 11.2. The number of allylic oxidation sites excluding steroid dienone is 2. The zero-order chi connectivity index (χ0) is 22.7. The molecule has 0 spiro atoms. The maximum atomic E-state index is 15.0. The normalized spacial score (nSPS) is 17.2. The number of ether oxygens (including phenoxy) is 1. The molecule has 4 rings (SSSR count). The number of carboxylic acid groups (broad SMARTS) is 1. The highest BCUT2D eigenvalue weighted by atomic mass is 19.1. The van der Waals surface area contributed by atoms with Gasteiger partial charge in [-0.3, -0.25) is 4.79 Å². The van der Waals surface area contributed by atoms with Gasteiger partial charge in [-0.2, -0.15) is 0 Å². The molecular weight excluding hydrogens is 405 g/mol. The number of benzene rings is 2. The number of carboxylic acids is 1. The molecule has 168 valence electrons. The van der Waals surface area contributed by atoms with Crippen molar-refractivity contribution in [1.29, 1.82) is 5.41 Å². The van der Waals surface area contributed by atoms with Crippen LogP contribution in [0.4, 0.5) is 4.39 Å². The fraction of sp³-hybridized carbons (Fsp3) is 0.407. The third-order valence-electron chi connectivity index (χ3n) is 6.68. The van der Waals surface area contributed by atoms with Gasteiger partial charge in [-0.25, -0.2) is 4.39 Å². The van der Waals surface area contributed by atoms with Crippen LogP contribution in [0.25, 0.3) is 16.7 Å². The Morgan fingerprint density at radius 2 is 1.88 bits per heavy atom. The van der Waals surface area contributed by atoms with Gasteiger partial charge in [0.15, 0.2) is 0 Å². The first-order valence-corrected chi connectivity index (χ1v) is 11.5. The Balaban J connectivity index is 1.81. The Hall–Kier alpha value is -2.95. The third kappa shape index (κ3) is 4.62. The Labute approximate surface area is 188 Å². The van der Waals surface area contributed by atoms with Gasteiger partial charge in [-0.1, -0.05) is 30.7 Å². The molecule has 2 aliphatic carbocycles. The summed E-state index contributed by atoms with van der Waals surface area (Å²) in [6.45, 7) is 1.80. The maximum Gasteiger partial charge on any atom is 0.309 e. The quantitative estimate of drug-likeness (QED) is 0.440. The minimum Gasteiger partial charge on any atom is -0.490 e. The Kier molecular flexibility index (Phi) is 6.73. The van der Waals surface area contributed by atoms with Crippen molar-refractivity contribution in [1.82, 2.24) is 0 Å². The maximum absolute atomic E-state index is 15.0. The molecule has 2 aromatic rings. The molecule has 0 heterocycles. The van der Waals surface area contributed by atoms with Crippen LogP contribution in [-0.4, -0.2) is 22.9 Å². The zero-order valence-corrected chi connectivity index (χ0v) is 18.5. The van der Waals surface area contributed by atoms with Crippen LogP contribution in [0.2, 0.25) is 0 Å². The van der Waals surface area contributed by atoms with E-state index in [1.165, 1.54) is 6.07 Å². The number of aliphatic carboxylic acids is 1. The molecule has 0 amide bonds. The molecule has 32 heavy (non-hydrogen) atoms. The summed E-state index contributed by atoms with van der Waals surface area (Å²) in [5, 5.41) is 17.4. The molecule has 0 aliphatic heterocycles. The van der Waals surface area contributed by atoms with E-state index < -0.39 is 5.97 Å². The van der Waals surface area contributed by atoms with Gasteiger partial charge in [0, 0.05) is 11.3 Å². The van der Waals surface area contributed by atoms with E-state index in [1.54, 1.807) is 19.1 Å². The van der Waals surface area contributed by atoms with E-state index in [2.05, 4.69) is 0 Å². The molecule has 2 aliphatic rings. The first-order valence-electron chi connectivity index (χ1n) is 11.5. The average molecular weight is 436 g/mol. The van der Waals surface area contributed by atoms with Crippen LogP contribution in [-0.2, 0) is 4.79 Å². The van der Waals surface area contributed by atoms with Gasteiger partial charge in [-0.15, -0.1) is 0 Å². The highest BCUT2D eigenvalue weighted by molar-refractivity contribution is 6.26. The SMILES string of the molecule is C/C=C(\C(=N)CC(=O)O)c1ccc(OC2CCCC2)c(-c2cccc(F)c2C2CCC2)c1. The molecule has 4 nitrogen and oxygen atoms in total. The van der Waals surface area contributed by atoms with Crippen LogP contribution in [0, 0.1) is 11.2 Å². The van der Waals surface area contributed by atoms with E-state index in [1.807, 2.05) is 24.3 Å². The van der Waals surface area contributed by atoms with Crippen molar-refractivity contribution < 1.29 is 19.0 Å². The lowest BCUT2D eigenvalue weighted by molar-refractivity contribution is -0.135. The summed E-state index contributed by atoms with van der Waals surface area (Å²) in [7, 11) is 0. The molecule has 0 aromatic heterocycles. The van der Waals surface area contributed by atoms with Gasteiger partial charge in [0.1, 0.15) is 11.6 Å². The minimum atomic E-state index is -1.03. The van der Waals surface area contributed by atoms with Crippen LogP contribution < -0.4 is 4.74 Å². The van der Waals surface area contributed by atoms with E-state index in [9.17, 15) is 9.18 Å². The van der Waals surface area contributed by atoms with Gasteiger partial charge in [0.2, 0.25) is 0 Å². The van der Waals surface area contributed by atoms with Gasteiger partial charge in [0.05, 0.1) is 12.5 Å². The standard InChI is InChI=1S/C27H30FNO3/c1-2-20(24(29)16-26(30)31)18-13-14-25(32-19-9-3-4-10-19)22(15-18)21-11-6-12-23(28)27(21)17-7-5-8-17/h2,6,11-15,17,19,29H,3-5,7-10,16H2,1H3,(H,30,31)/b20-2-,29-24?. The lowest BCUT2D eigenvalue weighted by Gasteiger charge is -2.29. The van der Waals surface area contributed by atoms with Crippen molar-refractivity contribution in [2.24, 2.45) is 0 Å². The number of hydrogen-bond acceptors (Lipinski definition) is 3. The van der Waals surface area contributed by atoms with Gasteiger partial charge in [-0.05, 0) is 91.8 Å². The molecule has 0 atom stereocenters. The highest BCUT2D eigenvalue weighted by Gasteiger charge is 2.28. The van der Waals surface area contributed by atoms with Gasteiger partial charge in [0.25, 0.3) is 0 Å². The van der Waals surface area contributed by atoms with E-state index in [0.29, 0.717) is 5.57 Å². The number of rotatable bonds is 8. The Morgan fingerprint density at radius 3 is 2.50 bits per heavy atom. The Bertz CT molecular complexity index is 1050. The summed E-state index contributed by atoms with van der Waals surface area (Å²) >= 11 is 0. The smallest absolute Gasteiger partial charge is 0.309 e. The van der Waals surface area contributed by atoms with Crippen molar-refractivity contribution >= 4 is 17.3 Å². The summed E-state index contributed by atoms with van der Waals surface area (Å²) in [6.07, 6.45) is 8.99. The molecule has 0 unspecified atom stereocenters. The largest absolute Gasteiger partial charge is 0.490 e. The average Bonchev–Trinajstić information content (AvgIpc) is 3.22. The van der Waals surface area contributed by atoms with E-state index in [0.717, 1.165) is 72.9 Å². The van der Waals surface area contributed by atoms with E-state index in [-0.39, 0.29) is 30.0 Å². The second-order valence-corrected chi connectivity index (χ2v) is 8.82. The lowest BCUT2D eigenvalue weighted by Crippen LogP contribution is -2.14. The summed E-state index contributed by atoms with van der Waals surface area (Å²) in [6, 6.07) is 10.9. The number of halogens is 1. The van der Waals surface area contributed by atoms with Crippen molar-refractivity contribution in [3.8, 4) is 16.9 Å². The Morgan fingerprint density at radius 1 is 1.12 bits per heavy atom. The molecule has 0 saturated heterocycles. The van der Waals surface area contributed by atoms with Crippen LogP contribution in [0.3, 0.4) is 0 Å². The van der Waals surface area contributed by atoms with Gasteiger partial charge >= 0.3 is 5.97 Å². The summed E-state index contributed by atoms with van der Waals surface area (Å²) in [5.74, 6) is -0.282. The molecule has 2 fully saturated rings. The third-order valence-corrected chi connectivity index (χ3v) is 6.68. The van der Waals surface area contributed by atoms with Crippen molar-refractivity contribution in [3.05, 3.63) is 59.4 Å². The minimum absolute atomic E-state index is 0.0499. The summed E-state index contributed by atoms with van der Waals surface area (Å²) in [5.41, 5.74) is 3.77. The highest BCUT2D eigenvalue weighted by Crippen LogP contribution is 2.45. The molecule has 0 bridgehead atoms. The number of hydrogen-bond donors (Lipinski definition) is 2. The van der Waals surface area contributed by atoms with Crippen molar-refractivity contribution in [2.45, 2.75) is 70.3 Å². The second kappa shape index (κ2) is 9.68. The first kappa shape index (κ1) is 22.3. The second-order valence-electron chi connectivity index (χ2n) is 8.82. The fourth-order valence-corrected chi connectivity index (χ4v) is 4.84. The topological polar surface area (TPSA) is 70.4 Å². The molecule has 2 aromatic carbocycles. The number of nitrogens with one attached hydrogen (secondary N) is 1. The molecule has 5 heteroatoms. The van der Waals surface area contributed by atoms with Crippen molar-refractivity contribution in [2.75, 3.05) is 0 Å². The summed E-state index contributed by atoms with van der Waals surface area (Å²) < 4.78 is 21.4. The monoisotopic (exact) mass is 435 g/mol. The predicted molar refractivity (Wildman–Crippen MR) is 125 cm³/mol. The number of carbonyl (C=O) groups is 1. The van der Waals surface area contributed by atoms with Crippen LogP contribution in [0.5, 0.6) is 5.75 Å². The van der Waals surface area contributed by atoms with Crippen LogP contribution in [0.1, 0.15) is 75.3 Å². The predicted octanol–water partition coefficient (Wildman–Crippen LogP) is 6.98. The molecular formula is C27H30FNO3. The first-order chi connectivity index (χ1) is 15.5. The molecule has 2 saturated carbocycles. The lowest BCUT2D eigenvalue weighted by atomic mass is 9.76. The van der Waals surface area contributed by atoms with E-state index in [4.69, 9.17) is 15.3 Å². The molecule has 2 N–H and O–H groups in total.